The Labute approximate surface area is 114 Å². The molecule has 0 amide bonds. The Morgan fingerprint density at radius 1 is 1.44 bits per heavy atom. The maximum Gasteiger partial charge on any atom is 0.185 e. The molecule has 0 spiro atoms. The minimum absolute atomic E-state index is 0.612. The topological polar surface area (TPSA) is 45.2 Å². The molecule has 3 rings (SSSR count). The molecule has 1 saturated carbocycles. The maximum absolute atomic E-state index is 11.4. The summed E-state index contributed by atoms with van der Waals surface area (Å²) in [7, 11) is -0.612. The Bertz CT molecular complexity index is 446. The largest absolute Gasteiger partial charge is 0.346 e. The van der Waals surface area contributed by atoms with Gasteiger partial charge in [-0.25, -0.2) is 4.98 Å². The van der Waals surface area contributed by atoms with Crippen molar-refractivity contribution >= 4 is 27.3 Å². The van der Waals surface area contributed by atoms with Crippen LogP contribution in [0.4, 0.5) is 5.13 Å². The van der Waals surface area contributed by atoms with E-state index in [2.05, 4.69) is 22.1 Å². The van der Waals surface area contributed by atoms with Crippen LogP contribution in [0.25, 0.3) is 0 Å². The number of aryl methyl sites for hydroxylation is 1. The van der Waals surface area contributed by atoms with Crippen molar-refractivity contribution in [2.24, 2.45) is 0 Å². The van der Waals surface area contributed by atoms with Crippen LogP contribution in [0.2, 0.25) is 0 Å². The van der Waals surface area contributed by atoms with Crippen LogP contribution in [0.1, 0.15) is 23.4 Å². The van der Waals surface area contributed by atoms with E-state index < -0.39 is 10.8 Å². The van der Waals surface area contributed by atoms with E-state index in [1.54, 1.807) is 11.3 Å². The number of anilines is 1. The highest BCUT2D eigenvalue weighted by Crippen LogP contribution is 2.28. The number of rotatable bonds is 4. The first-order valence-electron chi connectivity index (χ1n) is 6.52. The van der Waals surface area contributed by atoms with Crippen molar-refractivity contribution in [2.45, 2.75) is 32.4 Å². The number of hydrogen-bond donors (Lipinski definition) is 1. The van der Waals surface area contributed by atoms with E-state index in [0.29, 0.717) is 0 Å². The van der Waals surface area contributed by atoms with Gasteiger partial charge in [-0.1, -0.05) is 0 Å². The summed E-state index contributed by atoms with van der Waals surface area (Å²) >= 11 is 1.79. The zero-order valence-electron chi connectivity index (χ0n) is 10.6. The fraction of sp³-hybridized carbons (Fsp3) is 0.750. The maximum atomic E-state index is 11.4. The Kier molecular flexibility index (Phi) is 3.68. The summed E-state index contributed by atoms with van der Waals surface area (Å²) in [4.78, 5) is 8.29. The van der Waals surface area contributed by atoms with Gasteiger partial charge >= 0.3 is 0 Å². The molecule has 4 nitrogen and oxygen atoms in total. The quantitative estimate of drug-likeness (QED) is 0.905. The Hall–Kier alpha value is -0.460. The summed E-state index contributed by atoms with van der Waals surface area (Å²) in [5, 5.41) is 4.65. The fourth-order valence-corrected chi connectivity index (χ4v) is 4.18. The summed E-state index contributed by atoms with van der Waals surface area (Å²) in [6.45, 7) is 4.81. The highest BCUT2D eigenvalue weighted by molar-refractivity contribution is 7.85. The van der Waals surface area contributed by atoms with Gasteiger partial charge in [-0.15, -0.1) is 11.3 Å². The van der Waals surface area contributed by atoms with Crippen LogP contribution < -0.4 is 10.2 Å². The highest BCUT2D eigenvalue weighted by Gasteiger charge is 2.22. The van der Waals surface area contributed by atoms with E-state index in [1.807, 2.05) is 0 Å². The van der Waals surface area contributed by atoms with Crippen LogP contribution in [-0.4, -0.2) is 39.8 Å². The van der Waals surface area contributed by atoms with Crippen molar-refractivity contribution in [2.75, 3.05) is 29.5 Å². The molecule has 2 fully saturated rings. The molecule has 1 aromatic rings. The molecule has 0 unspecified atom stereocenters. The first-order valence-corrected chi connectivity index (χ1v) is 8.82. The Morgan fingerprint density at radius 3 is 2.83 bits per heavy atom. The SMILES string of the molecule is Cc1nc(N2CCS(=O)CC2)sc1CNC1CC1. The van der Waals surface area contributed by atoms with Gasteiger partial charge in [0, 0.05) is 52.9 Å². The summed E-state index contributed by atoms with van der Waals surface area (Å²) < 4.78 is 11.4. The molecule has 6 heteroatoms. The average Bonchev–Trinajstić information content (AvgIpc) is 3.12. The number of aromatic nitrogens is 1. The van der Waals surface area contributed by atoms with Crippen molar-refractivity contribution in [1.82, 2.24) is 10.3 Å². The smallest absolute Gasteiger partial charge is 0.185 e. The summed E-state index contributed by atoms with van der Waals surface area (Å²) in [5.74, 6) is 1.57. The van der Waals surface area contributed by atoms with Gasteiger partial charge in [0.25, 0.3) is 0 Å². The zero-order valence-corrected chi connectivity index (χ0v) is 12.3. The van der Waals surface area contributed by atoms with Gasteiger partial charge in [0.05, 0.1) is 5.69 Å². The molecule has 2 aliphatic rings. The standard InChI is InChI=1S/C12H19N3OS2/c1-9-11(8-13-10-2-3-10)17-12(14-9)15-4-6-18(16)7-5-15/h10,13H,2-8H2,1H3. The van der Waals surface area contributed by atoms with Crippen molar-refractivity contribution in [3.63, 3.8) is 0 Å². The third kappa shape index (κ3) is 2.92. The van der Waals surface area contributed by atoms with Crippen LogP contribution in [0.15, 0.2) is 0 Å². The van der Waals surface area contributed by atoms with Gasteiger partial charge in [-0.2, -0.15) is 0 Å². The van der Waals surface area contributed by atoms with Gasteiger partial charge in [-0.05, 0) is 19.8 Å². The summed E-state index contributed by atoms with van der Waals surface area (Å²) in [6, 6.07) is 0.743. The van der Waals surface area contributed by atoms with Crippen LogP contribution in [-0.2, 0) is 17.3 Å². The van der Waals surface area contributed by atoms with Gasteiger partial charge in [0.1, 0.15) is 0 Å². The van der Waals surface area contributed by atoms with Crippen LogP contribution in [0, 0.1) is 6.92 Å². The molecule has 1 aliphatic carbocycles. The summed E-state index contributed by atoms with van der Waals surface area (Å²) in [6.07, 6.45) is 2.64. The lowest BCUT2D eigenvalue weighted by atomic mass is 10.4. The number of nitrogens with zero attached hydrogens (tertiary/aromatic N) is 2. The molecule has 1 aliphatic heterocycles. The zero-order chi connectivity index (χ0) is 12.5. The second-order valence-electron chi connectivity index (χ2n) is 5.00. The second kappa shape index (κ2) is 5.27. The average molecular weight is 285 g/mol. The Morgan fingerprint density at radius 2 is 2.17 bits per heavy atom. The van der Waals surface area contributed by atoms with Gasteiger partial charge in [0.15, 0.2) is 5.13 Å². The third-order valence-electron chi connectivity index (χ3n) is 3.46. The predicted octanol–water partition coefficient (Wildman–Crippen LogP) is 1.27. The normalized spacial score (nSPS) is 21.5. The molecule has 1 N–H and O–H groups in total. The lowest BCUT2D eigenvalue weighted by Gasteiger charge is -2.25. The minimum atomic E-state index is -0.612. The molecular formula is C12H19N3OS2. The van der Waals surface area contributed by atoms with Gasteiger partial charge < -0.3 is 10.2 Å². The molecule has 0 radical (unpaired) electrons. The highest BCUT2D eigenvalue weighted by atomic mass is 32.2. The van der Waals surface area contributed by atoms with E-state index >= 15 is 0 Å². The molecule has 1 aromatic heterocycles. The molecule has 1 saturated heterocycles. The van der Waals surface area contributed by atoms with Crippen LogP contribution in [0.3, 0.4) is 0 Å². The third-order valence-corrected chi connectivity index (χ3v) is 5.95. The van der Waals surface area contributed by atoms with Crippen molar-refractivity contribution < 1.29 is 4.21 Å². The van der Waals surface area contributed by atoms with Gasteiger partial charge in [-0.3, -0.25) is 4.21 Å². The lowest BCUT2D eigenvalue weighted by molar-refractivity contribution is 0.673. The van der Waals surface area contributed by atoms with Crippen LogP contribution in [0.5, 0.6) is 0 Å². The van der Waals surface area contributed by atoms with E-state index in [0.717, 1.165) is 48.0 Å². The van der Waals surface area contributed by atoms with E-state index in [4.69, 9.17) is 0 Å². The molecule has 0 aromatic carbocycles. The van der Waals surface area contributed by atoms with Crippen LogP contribution >= 0.6 is 11.3 Å². The second-order valence-corrected chi connectivity index (χ2v) is 7.75. The number of nitrogens with one attached hydrogen (secondary N) is 1. The Balaban J connectivity index is 1.64. The summed E-state index contributed by atoms with van der Waals surface area (Å²) in [5.41, 5.74) is 1.15. The molecular weight excluding hydrogens is 266 g/mol. The molecule has 0 atom stereocenters. The van der Waals surface area contributed by atoms with Gasteiger partial charge in [0.2, 0.25) is 0 Å². The molecule has 18 heavy (non-hydrogen) atoms. The first kappa shape index (κ1) is 12.6. The van der Waals surface area contributed by atoms with Crippen molar-refractivity contribution in [3.05, 3.63) is 10.6 Å². The fourth-order valence-electron chi connectivity index (χ4n) is 2.07. The van der Waals surface area contributed by atoms with E-state index in [-0.39, 0.29) is 0 Å². The van der Waals surface area contributed by atoms with Crippen molar-refractivity contribution in [3.8, 4) is 0 Å². The number of hydrogen-bond acceptors (Lipinski definition) is 5. The van der Waals surface area contributed by atoms with E-state index in [1.165, 1.54) is 17.7 Å². The predicted molar refractivity (Wildman–Crippen MR) is 76.8 cm³/mol. The first-order chi connectivity index (χ1) is 8.72. The molecule has 0 bridgehead atoms. The number of thiazole rings is 1. The van der Waals surface area contributed by atoms with Crippen molar-refractivity contribution in [1.29, 1.82) is 0 Å². The minimum Gasteiger partial charge on any atom is -0.346 e. The monoisotopic (exact) mass is 285 g/mol. The lowest BCUT2D eigenvalue weighted by Crippen LogP contribution is -2.37. The van der Waals surface area contributed by atoms with E-state index in [9.17, 15) is 4.21 Å². The molecule has 100 valence electrons. The molecule has 2 heterocycles.